The van der Waals surface area contributed by atoms with Gasteiger partial charge in [-0.15, -0.1) is 0 Å². The lowest BCUT2D eigenvalue weighted by atomic mass is 10.1. The highest BCUT2D eigenvalue weighted by Crippen LogP contribution is 2.18. The maximum atomic E-state index is 12.9. The van der Waals surface area contributed by atoms with Gasteiger partial charge in [0.2, 0.25) is 0 Å². The molecule has 3 aromatic rings. The molecule has 170 valence electrons. The van der Waals surface area contributed by atoms with Crippen LogP contribution in [-0.4, -0.2) is 23.5 Å². The van der Waals surface area contributed by atoms with Crippen molar-refractivity contribution < 1.29 is 14.3 Å². The largest absolute Gasteiger partial charge is 0.494 e. The molecule has 7 heteroatoms. The average molecular weight is 462 g/mol. The van der Waals surface area contributed by atoms with Crippen molar-refractivity contribution in [2.45, 2.75) is 26.3 Å². The first-order chi connectivity index (χ1) is 16.0. The number of hydrogen-bond acceptors (Lipinski definition) is 4. The summed E-state index contributed by atoms with van der Waals surface area (Å²) in [6, 6.07) is 23.4. The van der Waals surface area contributed by atoms with Gasteiger partial charge in [0, 0.05) is 5.56 Å². The Bertz CT molecular complexity index is 1100. The molecule has 0 bridgehead atoms. The summed E-state index contributed by atoms with van der Waals surface area (Å²) < 4.78 is 5.53. The van der Waals surface area contributed by atoms with E-state index in [1.807, 2.05) is 44.2 Å². The number of rotatable bonds is 8. The van der Waals surface area contributed by atoms with Gasteiger partial charge in [-0.2, -0.15) is 0 Å². The molecule has 0 aliphatic carbocycles. The SMILES string of the molecule is CCCOc1ccc(C(=O)NC(=S)Nc2ccccc2C(=O)NC(C)c2ccccc2)cc1. The predicted octanol–water partition coefficient (Wildman–Crippen LogP) is 5.09. The smallest absolute Gasteiger partial charge is 0.257 e. The Morgan fingerprint density at radius 3 is 2.27 bits per heavy atom. The minimum absolute atomic E-state index is 0.0997. The van der Waals surface area contributed by atoms with Crippen molar-refractivity contribution in [2.75, 3.05) is 11.9 Å². The lowest BCUT2D eigenvalue weighted by molar-refractivity contribution is 0.0939. The van der Waals surface area contributed by atoms with E-state index in [0.29, 0.717) is 29.2 Å². The summed E-state index contributed by atoms with van der Waals surface area (Å²) >= 11 is 5.31. The third-order valence-electron chi connectivity index (χ3n) is 4.88. The molecule has 0 heterocycles. The highest BCUT2D eigenvalue weighted by atomic mass is 32.1. The second kappa shape index (κ2) is 11.8. The second-order valence-electron chi connectivity index (χ2n) is 7.43. The molecule has 0 spiro atoms. The number of carbonyl (C=O) groups excluding carboxylic acids is 2. The van der Waals surface area contributed by atoms with Crippen molar-refractivity contribution in [3.8, 4) is 5.75 Å². The molecule has 0 saturated carbocycles. The monoisotopic (exact) mass is 461 g/mol. The van der Waals surface area contributed by atoms with Crippen molar-refractivity contribution >= 4 is 34.8 Å². The molecule has 33 heavy (non-hydrogen) atoms. The molecule has 3 aromatic carbocycles. The van der Waals surface area contributed by atoms with E-state index < -0.39 is 0 Å². The predicted molar refractivity (Wildman–Crippen MR) is 135 cm³/mol. The first-order valence-corrected chi connectivity index (χ1v) is 11.2. The van der Waals surface area contributed by atoms with Crippen LogP contribution >= 0.6 is 12.2 Å². The Kier molecular flexibility index (Phi) is 8.55. The Hall–Kier alpha value is -3.71. The minimum Gasteiger partial charge on any atom is -0.494 e. The molecule has 2 amide bonds. The van der Waals surface area contributed by atoms with Crippen molar-refractivity contribution in [3.05, 3.63) is 95.6 Å². The summed E-state index contributed by atoms with van der Waals surface area (Å²) in [5, 5.41) is 8.70. The average Bonchev–Trinajstić information content (AvgIpc) is 2.83. The highest BCUT2D eigenvalue weighted by molar-refractivity contribution is 7.80. The highest BCUT2D eigenvalue weighted by Gasteiger charge is 2.16. The van der Waals surface area contributed by atoms with Crippen molar-refractivity contribution in [2.24, 2.45) is 0 Å². The molecular formula is C26H27N3O3S. The van der Waals surface area contributed by atoms with Crippen LogP contribution in [0, 0.1) is 0 Å². The zero-order valence-electron chi connectivity index (χ0n) is 18.6. The first-order valence-electron chi connectivity index (χ1n) is 10.8. The Balaban J connectivity index is 1.62. The van der Waals surface area contributed by atoms with E-state index in [2.05, 4.69) is 16.0 Å². The van der Waals surface area contributed by atoms with Crippen LogP contribution in [-0.2, 0) is 0 Å². The van der Waals surface area contributed by atoms with E-state index in [4.69, 9.17) is 17.0 Å². The van der Waals surface area contributed by atoms with Crippen LogP contribution < -0.4 is 20.7 Å². The van der Waals surface area contributed by atoms with E-state index in [1.165, 1.54) is 0 Å². The number of para-hydroxylation sites is 1. The lowest BCUT2D eigenvalue weighted by Crippen LogP contribution is -2.35. The number of benzene rings is 3. The van der Waals surface area contributed by atoms with E-state index in [1.54, 1.807) is 48.5 Å². The van der Waals surface area contributed by atoms with Gasteiger partial charge >= 0.3 is 0 Å². The summed E-state index contributed by atoms with van der Waals surface area (Å²) in [6.45, 7) is 4.57. The maximum Gasteiger partial charge on any atom is 0.257 e. The first kappa shape index (κ1) is 23.9. The van der Waals surface area contributed by atoms with Gasteiger partial charge in [0.05, 0.1) is 23.9 Å². The molecule has 3 N–H and O–H groups in total. The van der Waals surface area contributed by atoms with Crippen LogP contribution in [0.4, 0.5) is 5.69 Å². The molecule has 3 rings (SSSR count). The third kappa shape index (κ3) is 6.89. The normalized spacial score (nSPS) is 11.2. The van der Waals surface area contributed by atoms with Gasteiger partial charge in [-0.25, -0.2) is 0 Å². The fourth-order valence-corrected chi connectivity index (χ4v) is 3.34. The Labute approximate surface area is 199 Å². The van der Waals surface area contributed by atoms with Crippen molar-refractivity contribution in [1.29, 1.82) is 0 Å². The summed E-state index contributed by atoms with van der Waals surface area (Å²) in [6.07, 6.45) is 0.910. The van der Waals surface area contributed by atoms with Crippen molar-refractivity contribution in [1.82, 2.24) is 10.6 Å². The summed E-state index contributed by atoms with van der Waals surface area (Å²) in [5.74, 6) is 0.110. The molecular weight excluding hydrogens is 434 g/mol. The molecule has 6 nitrogen and oxygen atoms in total. The van der Waals surface area contributed by atoms with E-state index in [-0.39, 0.29) is 23.0 Å². The lowest BCUT2D eigenvalue weighted by Gasteiger charge is -2.17. The van der Waals surface area contributed by atoms with Gasteiger partial charge in [-0.3, -0.25) is 14.9 Å². The van der Waals surface area contributed by atoms with E-state index in [0.717, 1.165) is 12.0 Å². The van der Waals surface area contributed by atoms with Crippen LogP contribution in [0.5, 0.6) is 5.75 Å². The van der Waals surface area contributed by atoms with E-state index in [9.17, 15) is 9.59 Å². The van der Waals surface area contributed by atoms with Crippen LogP contribution in [0.25, 0.3) is 0 Å². The van der Waals surface area contributed by atoms with Gasteiger partial charge in [-0.1, -0.05) is 49.4 Å². The summed E-state index contributed by atoms with van der Waals surface area (Å²) in [7, 11) is 0. The fourth-order valence-electron chi connectivity index (χ4n) is 3.14. The number of hydrogen-bond donors (Lipinski definition) is 3. The number of ether oxygens (including phenoxy) is 1. The van der Waals surface area contributed by atoms with Gasteiger partial charge in [0.1, 0.15) is 5.75 Å². The van der Waals surface area contributed by atoms with E-state index >= 15 is 0 Å². The molecule has 1 unspecified atom stereocenters. The summed E-state index contributed by atoms with van der Waals surface area (Å²) in [5.41, 5.74) is 2.38. The van der Waals surface area contributed by atoms with Gasteiger partial charge in [0.25, 0.3) is 11.8 Å². The molecule has 0 fully saturated rings. The summed E-state index contributed by atoms with van der Waals surface area (Å²) in [4.78, 5) is 25.4. The maximum absolute atomic E-state index is 12.9. The van der Waals surface area contributed by atoms with Gasteiger partial charge in [0.15, 0.2) is 5.11 Å². The fraction of sp³-hybridized carbons (Fsp3) is 0.192. The van der Waals surface area contributed by atoms with Crippen LogP contribution in [0.2, 0.25) is 0 Å². The minimum atomic E-state index is -0.353. The van der Waals surface area contributed by atoms with Crippen molar-refractivity contribution in [3.63, 3.8) is 0 Å². The molecule has 0 aliphatic rings. The number of amides is 2. The number of nitrogens with one attached hydrogen (secondary N) is 3. The van der Waals surface area contributed by atoms with Gasteiger partial charge in [-0.05, 0) is 67.5 Å². The number of thiocarbonyl (C=S) groups is 1. The van der Waals surface area contributed by atoms with Gasteiger partial charge < -0.3 is 15.4 Å². The molecule has 0 aliphatic heterocycles. The zero-order valence-corrected chi connectivity index (χ0v) is 19.4. The number of anilines is 1. The van der Waals surface area contributed by atoms with Crippen LogP contribution in [0.3, 0.4) is 0 Å². The zero-order chi connectivity index (χ0) is 23.6. The third-order valence-corrected chi connectivity index (χ3v) is 5.09. The topological polar surface area (TPSA) is 79.5 Å². The molecule has 1 atom stereocenters. The Morgan fingerprint density at radius 2 is 1.58 bits per heavy atom. The molecule has 0 radical (unpaired) electrons. The standard InChI is InChI=1S/C26H27N3O3S/c1-3-17-32-21-15-13-20(14-16-21)24(30)29-26(33)28-23-12-8-7-11-22(23)25(31)27-18(2)19-9-5-4-6-10-19/h4-16,18H,3,17H2,1-2H3,(H,27,31)(H2,28,29,30,33). The van der Waals surface area contributed by atoms with Crippen LogP contribution in [0.15, 0.2) is 78.9 Å². The van der Waals surface area contributed by atoms with Crippen LogP contribution in [0.1, 0.15) is 52.6 Å². The number of carbonyl (C=O) groups is 2. The Morgan fingerprint density at radius 1 is 0.909 bits per heavy atom. The molecule has 0 saturated heterocycles. The quantitative estimate of drug-likeness (QED) is 0.407. The molecule has 0 aromatic heterocycles. The second-order valence-corrected chi connectivity index (χ2v) is 7.84.